The summed E-state index contributed by atoms with van der Waals surface area (Å²) in [6, 6.07) is 17.1. The number of pyridine rings is 1. The second kappa shape index (κ2) is 8.80. The molecule has 1 fully saturated rings. The van der Waals surface area contributed by atoms with Crippen molar-refractivity contribution in [2.75, 3.05) is 31.1 Å². The number of anilines is 2. The highest BCUT2D eigenvalue weighted by molar-refractivity contribution is 8.00. The molecule has 9 heteroatoms. The second-order valence-corrected chi connectivity index (χ2v) is 9.91. The van der Waals surface area contributed by atoms with Gasteiger partial charge in [0.25, 0.3) is 0 Å². The van der Waals surface area contributed by atoms with E-state index in [0.29, 0.717) is 13.1 Å². The van der Waals surface area contributed by atoms with E-state index in [4.69, 9.17) is 4.74 Å². The monoisotopic (exact) mass is 484 g/mol. The molecule has 1 N–H and O–H groups in total. The molecule has 0 radical (unpaired) electrons. The maximum Gasteiger partial charge on any atom is 0.327 e. The van der Waals surface area contributed by atoms with Gasteiger partial charge in [0.1, 0.15) is 16.5 Å². The highest BCUT2D eigenvalue weighted by Crippen LogP contribution is 2.51. The van der Waals surface area contributed by atoms with Gasteiger partial charge in [-0.25, -0.2) is 9.78 Å². The third kappa shape index (κ3) is 3.85. The van der Waals surface area contributed by atoms with Gasteiger partial charge < -0.3 is 15.0 Å². The molecule has 1 saturated heterocycles. The molecule has 8 nitrogen and oxygen atoms in total. The Kier molecular flexibility index (Phi) is 5.47. The first-order valence-electron chi connectivity index (χ1n) is 11.6. The van der Waals surface area contributed by atoms with Crippen molar-refractivity contribution in [1.29, 1.82) is 5.26 Å². The lowest BCUT2D eigenvalue weighted by Gasteiger charge is -2.40. The number of carbonyl (C=O) groups is 1. The minimum atomic E-state index is -0.150. The Balaban J connectivity index is 1.30. The average molecular weight is 485 g/mol. The van der Waals surface area contributed by atoms with Crippen LogP contribution in [0.25, 0.3) is 0 Å². The summed E-state index contributed by atoms with van der Waals surface area (Å²) in [7, 11) is 0. The summed E-state index contributed by atoms with van der Waals surface area (Å²) >= 11 is 1.70. The molecule has 4 heterocycles. The SMILES string of the molecule is Cc1cc(Oc2ccccc2)ccc1N1C(=O)NC2c3c1ccnc3SC2N1CCN(C#N)CC1. The lowest BCUT2D eigenvalue weighted by Crippen LogP contribution is -2.53. The van der Waals surface area contributed by atoms with E-state index in [1.807, 2.05) is 61.5 Å². The summed E-state index contributed by atoms with van der Waals surface area (Å²) in [6.45, 7) is 4.96. The molecule has 3 aliphatic rings. The third-order valence-corrected chi connectivity index (χ3v) is 8.05. The molecule has 1 aromatic heterocycles. The van der Waals surface area contributed by atoms with Crippen molar-refractivity contribution in [2.24, 2.45) is 0 Å². The summed E-state index contributed by atoms with van der Waals surface area (Å²) in [5.41, 5.74) is 3.68. The van der Waals surface area contributed by atoms with E-state index < -0.39 is 0 Å². The zero-order chi connectivity index (χ0) is 23.9. The lowest BCUT2D eigenvalue weighted by atomic mass is 10.0. The van der Waals surface area contributed by atoms with Crippen LogP contribution in [0.3, 0.4) is 0 Å². The number of carbonyl (C=O) groups excluding carboxylic acids is 1. The number of benzene rings is 2. The third-order valence-electron chi connectivity index (χ3n) is 6.69. The van der Waals surface area contributed by atoms with Crippen LogP contribution in [0.5, 0.6) is 11.5 Å². The fourth-order valence-electron chi connectivity index (χ4n) is 4.97. The van der Waals surface area contributed by atoms with Crippen molar-refractivity contribution in [2.45, 2.75) is 23.4 Å². The summed E-state index contributed by atoms with van der Waals surface area (Å²) in [6.07, 6.45) is 4.01. The molecule has 3 aromatic rings. The normalized spacial score (nSPS) is 21.3. The first-order valence-corrected chi connectivity index (χ1v) is 12.5. The summed E-state index contributed by atoms with van der Waals surface area (Å²) in [5, 5.41) is 13.5. The number of hydrogen-bond donors (Lipinski definition) is 1. The highest BCUT2D eigenvalue weighted by Gasteiger charge is 2.46. The molecule has 0 spiro atoms. The van der Waals surface area contributed by atoms with Crippen molar-refractivity contribution in [3.63, 3.8) is 0 Å². The number of hydrogen-bond acceptors (Lipinski definition) is 7. The zero-order valence-corrected chi connectivity index (χ0v) is 20.0. The number of para-hydroxylation sites is 1. The predicted octanol–water partition coefficient (Wildman–Crippen LogP) is 4.62. The molecule has 35 heavy (non-hydrogen) atoms. The molecule has 2 amide bonds. The van der Waals surface area contributed by atoms with Gasteiger partial charge >= 0.3 is 6.03 Å². The smallest absolute Gasteiger partial charge is 0.327 e. The number of thioether (sulfide) groups is 1. The van der Waals surface area contributed by atoms with Crippen LogP contribution in [0.4, 0.5) is 16.2 Å². The maximum atomic E-state index is 13.5. The number of nitrogens with zero attached hydrogens (tertiary/aromatic N) is 5. The van der Waals surface area contributed by atoms with Gasteiger partial charge in [-0.3, -0.25) is 9.80 Å². The Hall–Kier alpha value is -3.74. The fourth-order valence-corrected chi connectivity index (χ4v) is 6.38. The van der Waals surface area contributed by atoms with Crippen molar-refractivity contribution in [1.82, 2.24) is 20.1 Å². The van der Waals surface area contributed by atoms with Crippen molar-refractivity contribution < 1.29 is 9.53 Å². The summed E-state index contributed by atoms with van der Waals surface area (Å²) in [5.74, 6) is 1.49. The number of nitrogens with one attached hydrogen (secondary N) is 1. The van der Waals surface area contributed by atoms with Crippen LogP contribution in [0, 0.1) is 18.4 Å². The van der Waals surface area contributed by atoms with E-state index in [9.17, 15) is 10.1 Å². The molecule has 176 valence electrons. The largest absolute Gasteiger partial charge is 0.457 e. The number of piperazine rings is 1. The van der Waals surface area contributed by atoms with Gasteiger partial charge in [-0.1, -0.05) is 30.0 Å². The van der Waals surface area contributed by atoms with Gasteiger partial charge in [-0.15, -0.1) is 0 Å². The minimum absolute atomic E-state index is 0.0633. The molecule has 2 atom stereocenters. The second-order valence-electron chi connectivity index (χ2n) is 8.81. The van der Waals surface area contributed by atoms with E-state index in [1.165, 1.54) is 0 Å². The van der Waals surface area contributed by atoms with Gasteiger partial charge in [0.15, 0.2) is 6.19 Å². The Morgan fingerprint density at radius 2 is 1.86 bits per heavy atom. The van der Waals surface area contributed by atoms with Gasteiger partial charge in [-0.05, 0) is 48.9 Å². The van der Waals surface area contributed by atoms with Crippen LogP contribution >= 0.6 is 11.8 Å². The van der Waals surface area contributed by atoms with Crippen molar-refractivity contribution in [3.05, 3.63) is 71.9 Å². The molecule has 3 aliphatic heterocycles. The molecule has 2 aromatic carbocycles. The van der Waals surface area contributed by atoms with Gasteiger partial charge in [0.2, 0.25) is 0 Å². The van der Waals surface area contributed by atoms with Gasteiger partial charge in [0.05, 0.1) is 22.8 Å². The summed E-state index contributed by atoms with van der Waals surface area (Å²) in [4.78, 5) is 24.0. The number of urea groups is 1. The first kappa shape index (κ1) is 21.8. The lowest BCUT2D eigenvalue weighted by molar-refractivity contribution is 0.146. The Morgan fingerprint density at radius 3 is 2.60 bits per heavy atom. The Bertz CT molecular complexity index is 1320. The van der Waals surface area contributed by atoms with Gasteiger partial charge in [-0.2, -0.15) is 5.26 Å². The van der Waals surface area contributed by atoms with Crippen LogP contribution < -0.4 is 15.0 Å². The molecule has 6 rings (SSSR count). The molecule has 0 aliphatic carbocycles. The Labute approximate surface area is 208 Å². The molecule has 0 saturated carbocycles. The van der Waals surface area contributed by atoms with E-state index in [2.05, 4.69) is 21.4 Å². The van der Waals surface area contributed by atoms with Crippen LogP contribution in [0.1, 0.15) is 17.2 Å². The molecule has 2 unspecified atom stereocenters. The van der Waals surface area contributed by atoms with Crippen LogP contribution in [-0.2, 0) is 0 Å². The summed E-state index contributed by atoms with van der Waals surface area (Å²) < 4.78 is 5.98. The van der Waals surface area contributed by atoms with E-state index in [-0.39, 0.29) is 17.4 Å². The van der Waals surface area contributed by atoms with Gasteiger partial charge in [0, 0.05) is 37.9 Å². The maximum absolute atomic E-state index is 13.5. The topological polar surface area (TPSA) is 84.7 Å². The quantitative estimate of drug-likeness (QED) is 0.541. The van der Waals surface area contributed by atoms with Crippen LogP contribution in [0.2, 0.25) is 0 Å². The zero-order valence-electron chi connectivity index (χ0n) is 19.2. The number of amides is 2. The predicted molar refractivity (Wildman–Crippen MR) is 134 cm³/mol. The number of rotatable bonds is 4. The first-order chi connectivity index (χ1) is 17.1. The van der Waals surface area contributed by atoms with Crippen molar-refractivity contribution in [3.8, 4) is 17.7 Å². The standard InChI is InChI=1S/C26H24N6O2S/c1-17-15-19(34-18-5-3-2-4-6-18)7-8-20(17)32-21-9-10-28-24-22(21)23(29-26(32)33)25(35-24)31-13-11-30(16-27)12-14-31/h2-10,15,23,25H,11-14H2,1H3,(H,29,33). The van der Waals surface area contributed by atoms with Crippen LogP contribution in [0.15, 0.2) is 65.8 Å². The fraction of sp³-hybridized carbons (Fsp3) is 0.269. The number of aryl methyl sites for hydroxylation is 1. The Morgan fingerprint density at radius 1 is 1.06 bits per heavy atom. The van der Waals surface area contributed by atoms with Crippen LogP contribution in [-0.4, -0.2) is 52.4 Å². The number of nitriles is 1. The van der Waals surface area contributed by atoms with Crippen molar-refractivity contribution >= 4 is 29.2 Å². The molecule has 0 bridgehead atoms. The number of aromatic nitrogens is 1. The molecular formula is C26H24N6O2S. The van der Waals surface area contributed by atoms with E-state index in [1.54, 1.807) is 27.8 Å². The molecular weight excluding hydrogens is 460 g/mol. The van der Waals surface area contributed by atoms with E-state index in [0.717, 1.165) is 52.1 Å². The van der Waals surface area contributed by atoms with E-state index >= 15 is 0 Å². The average Bonchev–Trinajstić information content (AvgIpc) is 3.25. The highest BCUT2D eigenvalue weighted by atomic mass is 32.2. The minimum Gasteiger partial charge on any atom is -0.457 e. The number of ether oxygens (including phenoxy) is 1.